The van der Waals surface area contributed by atoms with Crippen molar-refractivity contribution in [2.75, 3.05) is 37.7 Å². The zero-order valence-corrected chi connectivity index (χ0v) is 17.1. The number of hydrogen-bond donors (Lipinski definition) is 0. The molecule has 3 rings (SSSR count). The summed E-state index contributed by atoms with van der Waals surface area (Å²) in [7, 11) is 0. The molecule has 8 heteroatoms. The fraction of sp³-hybridized carbons (Fsp3) is 0.318. The quantitative estimate of drug-likeness (QED) is 0.496. The molecule has 0 saturated carbocycles. The molecule has 0 bridgehead atoms. The predicted molar refractivity (Wildman–Crippen MR) is 111 cm³/mol. The highest BCUT2D eigenvalue weighted by atomic mass is 35.5. The van der Waals surface area contributed by atoms with E-state index in [1.54, 1.807) is 41.3 Å². The Balaban J connectivity index is 1.37. The third-order valence-corrected chi connectivity index (χ3v) is 5.16. The largest absolute Gasteiger partial charge is 0.456 e. The molecule has 1 aliphatic rings. The number of halogens is 2. The van der Waals surface area contributed by atoms with Gasteiger partial charge in [0.2, 0.25) is 0 Å². The van der Waals surface area contributed by atoms with Crippen molar-refractivity contribution in [2.24, 2.45) is 0 Å². The minimum absolute atomic E-state index is 0.00496. The van der Waals surface area contributed by atoms with Crippen LogP contribution in [0, 0.1) is 5.82 Å². The van der Waals surface area contributed by atoms with Crippen LogP contribution in [0.3, 0.4) is 0 Å². The summed E-state index contributed by atoms with van der Waals surface area (Å²) in [4.78, 5) is 39.9. The number of ether oxygens (including phenoxy) is 1. The molecule has 30 heavy (non-hydrogen) atoms. The molecule has 2 aromatic carbocycles. The van der Waals surface area contributed by atoms with Gasteiger partial charge in [-0.15, -0.1) is 0 Å². The first-order valence-electron chi connectivity index (χ1n) is 9.65. The van der Waals surface area contributed by atoms with Gasteiger partial charge in [0.25, 0.3) is 5.91 Å². The Kier molecular flexibility index (Phi) is 7.41. The van der Waals surface area contributed by atoms with E-state index in [-0.39, 0.29) is 37.0 Å². The Bertz CT molecular complexity index is 894. The smallest absolute Gasteiger partial charge is 0.306 e. The zero-order chi connectivity index (χ0) is 21.5. The van der Waals surface area contributed by atoms with Gasteiger partial charge in [-0.2, -0.15) is 0 Å². The van der Waals surface area contributed by atoms with Crippen LogP contribution >= 0.6 is 11.6 Å². The third-order valence-electron chi connectivity index (χ3n) is 4.90. The lowest BCUT2D eigenvalue weighted by Gasteiger charge is -2.36. The average Bonchev–Trinajstić information content (AvgIpc) is 2.77. The molecule has 1 amide bonds. The van der Waals surface area contributed by atoms with E-state index in [0.29, 0.717) is 36.8 Å². The molecule has 1 fully saturated rings. The maximum Gasteiger partial charge on any atom is 0.306 e. The van der Waals surface area contributed by atoms with Crippen LogP contribution in [0.25, 0.3) is 0 Å². The molecule has 1 heterocycles. The fourth-order valence-electron chi connectivity index (χ4n) is 3.17. The number of nitrogens with zero attached hydrogens (tertiary/aromatic N) is 2. The third kappa shape index (κ3) is 6.03. The minimum atomic E-state index is -0.587. The topological polar surface area (TPSA) is 66.9 Å². The highest BCUT2D eigenvalue weighted by molar-refractivity contribution is 6.30. The summed E-state index contributed by atoms with van der Waals surface area (Å²) in [6.45, 7) is 1.86. The van der Waals surface area contributed by atoms with Crippen LogP contribution < -0.4 is 4.90 Å². The fourth-order valence-corrected chi connectivity index (χ4v) is 3.29. The average molecular weight is 433 g/mol. The summed E-state index contributed by atoms with van der Waals surface area (Å²) in [6.07, 6.45) is -0.0852. The van der Waals surface area contributed by atoms with Gasteiger partial charge in [-0.05, 0) is 48.5 Å². The van der Waals surface area contributed by atoms with Gasteiger partial charge in [-0.25, -0.2) is 4.39 Å². The second-order valence-corrected chi connectivity index (χ2v) is 7.37. The number of benzene rings is 2. The van der Waals surface area contributed by atoms with Crippen molar-refractivity contribution in [1.29, 1.82) is 0 Å². The van der Waals surface area contributed by atoms with Gasteiger partial charge in [0.1, 0.15) is 5.82 Å². The SMILES string of the molecule is O=C(CCC(=O)c1ccc(Cl)cc1)OCC(=O)N1CCN(c2ccc(F)cc2)CC1. The molecule has 0 spiro atoms. The first-order valence-corrected chi connectivity index (χ1v) is 10.0. The molecule has 0 radical (unpaired) electrons. The second-order valence-electron chi connectivity index (χ2n) is 6.94. The van der Waals surface area contributed by atoms with E-state index in [2.05, 4.69) is 4.90 Å². The summed E-state index contributed by atoms with van der Waals surface area (Å²) in [6, 6.07) is 12.7. The number of piperazine rings is 1. The summed E-state index contributed by atoms with van der Waals surface area (Å²) in [5.74, 6) is -1.34. The summed E-state index contributed by atoms with van der Waals surface area (Å²) >= 11 is 5.79. The Morgan fingerprint density at radius 1 is 0.900 bits per heavy atom. The van der Waals surface area contributed by atoms with Crippen molar-refractivity contribution in [1.82, 2.24) is 4.90 Å². The number of carbonyl (C=O) groups is 3. The Morgan fingerprint density at radius 2 is 1.53 bits per heavy atom. The molecule has 0 unspecified atom stereocenters. The highest BCUT2D eigenvalue weighted by Crippen LogP contribution is 2.17. The van der Waals surface area contributed by atoms with Gasteiger partial charge >= 0.3 is 5.97 Å². The van der Waals surface area contributed by atoms with Crippen molar-refractivity contribution < 1.29 is 23.5 Å². The summed E-state index contributed by atoms with van der Waals surface area (Å²) < 4.78 is 18.1. The second kappa shape index (κ2) is 10.2. The van der Waals surface area contributed by atoms with E-state index in [0.717, 1.165) is 5.69 Å². The maximum atomic E-state index is 13.0. The molecule has 2 aromatic rings. The molecule has 158 valence electrons. The van der Waals surface area contributed by atoms with Crippen molar-refractivity contribution in [3.05, 3.63) is 64.9 Å². The zero-order valence-electron chi connectivity index (χ0n) is 16.4. The number of ketones is 1. The highest BCUT2D eigenvalue weighted by Gasteiger charge is 2.22. The molecule has 0 aromatic heterocycles. The van der Waals surface area contributed by atoms with E-state index >= 15 is 0 Å². The van der Waals surface area contributed by atoms with Crippen LogP contribution in [0.5, 0.6) is 0 Å². The van der Waals surface area contributed by atoms with E-state index < -0.39 is 5.97 Å². The molecule has 0 atom stereocenters. The van der Waals surface area contributed by atoms with Gasteiger partial charge < -0.3 is 14.5 Å². The monoisotopic (exact) mass is 432 g/mol. The molecule has 0 aliphatic carbocycles. The van der Waals surface area contributed by atoms with Gasteiger partial charge in [-0.1, -0.05) is 11.6 Å². The molecular weight excluding hydrogens is 411 g/mol. The lowest BCUT2D eigenvalue weighted by atomic mass is 10.1. The number of rotatable bonds is 7. The number of hydrogen-bond acceptors (Lipinski definition) is 5. The van der Waals surface area contributed by atoms with Crippen molar-refractivity contribution in [2.45, 2.75) is 12.8 Å². The first kappa shape index (κ1) is 21.8. The van der Waals surface area contributed by atoms with Crippen LogP contribution in [-0.4, -0.2) is 55.3 Å². The molecule has 1 saturated heterocycles. The Labute approximate surface area is 179 Å². The summed E-state index contributed by atoms with van der Waals surface area (Å²) in [5, 5.41) is 0.531. The Hall–Kier alpha value is -2.93. The van der Waals surface area contributed by atoms with Gasteiger partial charge in [0.15, 0.2) is 12.4 Å². The number of carbonyl (C=O) groups excluding carboxylic acids is 3. The van der Waals surface area contributed by atoms with E-state index in [4.69, 9.17) is 16.3 Å². The number of anilines is 1. The maximum absolute atomic E-state index is 13.0. The van der Waals surface area contributed by atoms with E-state index in [1.165, 1.54) is 12.1 Å². The number of esters is 1. The van der Waals surface area contributed by atoms with Crippen LogP contribution in [0.15, 0.2) is 48.5 Å². The van der Waals surface area contributed by atoms with Crippen LogP contribution in [-0.2, 0) is 14.3 Å². The van der Waals surface area contributed by atoms with Crippen molar-refractivity contribution in [3.8, 4) is 0 Å². The number of Topliss-reactive ketones (excluding diaryl/α,β-unsaturated/α-hetero) is 1. The van der Waals surface area contributed by atoms with Crippen LogP contribution in [0.4, 0.5) is 10.1 Å². The standard InChI is InChI=1S/C22H22ClFN2O4/c23-17-3-1-16(2-4-17)20(27)9-10-22(29)30-15-21(28)26-13-11-25(12-14-26)19-7-5-18(24)6-8-19/h1-8H,9-15H2. The molecular formula is C22H22ClFN2O4. The lowest BCUT2D eigenvalue weighted by Crippen LogP contribution is -2.49. The predicted octanol–water partition coefficient (Wildman–Crippen LogP) is 3.33. The first-order chi connectivity index (χ1) is 14.4. The minimum Gasteiger partial charge on any atom is -0.456 e. The van der Waals surface area contributed by atoms with Gasteiger partial charge in [-0.3, -0.25) is 14.4 Å². The van der Waals surface area contributed by atoms with E-state index in [9.17, 15) is 18.8 Å². The number of amides is 1. The Morgan fingerprint density at radius 3 is 2.17 bits per heavy atom. The van der Waals surface area contributed by atoms with E-state index in [1.807, 2.05) is 0 Å². The van der Waals surface area contributed by atoms with Crippen LogP contribution in [0.1, 0.15) is 23.2 Å². The normalized spacial score (nSPS) is 13.8. The molecule has 0 N–H and O–H groups in total. The van der Waals surface area contributed by atoms with Gasteiger partial charge in [0.05, 0.1) is 6.42 Å². The van der Waals surface area contributed by atoms with Gasteiger partial charge in [0, 0.05) is 48.9 Å². The summed E-state index contributed by atoms with van der Waals surface area (Å²) in [5.41, 5.74) is 1.38. The lowest BCUT2D eigenvalue weighted by molar-refractivity contribution is -0.152. The van der Waals surface area contributed by atoms with Crippen molar-refractivity contribution in [3.63, 3.8) is 0 Å². The van der Waals surface area contributed by atoms with Crippen molar-refractivity contribution >= 4 is 34.9 Å². The molecule has 6 nitrogen and oxygen atoms in total. The van der Waals surface area contributed by atoms with Crippen LogP contribution in [0.2, 0.25) is 5.02 Å². The molecule has 1 aliphatic heterocycles.